The van der Waals surface area contributed by atoms with E-state index < -0.39 is 5.92 Å². The van der Waals surface area contributed by atoms with E-state index in [4.69, 9.17) is 0 Å². The van der Waals surface area contributed by atoms with E-state index in [1.54, 1.807) is 24.5 Å². The number of carbonyl (C=O) groups is 1. The topological polar surface area (TPSA) is 51.2 Å². The maximum Gasteiger partial charge on any atom is 0.251 e. The molecule has 1 amide bonds. The molecule has 1 atom stereocenters. The van der Waals surface area contributed by atoms with Crippen molar-refractivity contribution >= 4 is 5.91 Å². The summed E-state index contributed by atoms with van der Waals surface area (Å²) in [7, 11) is 1.38. The highest BCUT2D eigenvalue weighted by Gasteiger charge is 2.21. The van der Waals surface area contributed by atoms with Gasteiger partial charge in [-0.05, 0) is 35.7 Å². The number of nitrogens with one attached hydrogen (secondary N) is 1. The molecule has 0 spiro atoms. The van der Waals surface area contributed by atoms with Gasteiger partial charge >= 0.3 is 0 Å². The highest BCUT2D eigenvalue weighted by atomic mass is 19.1. The maximum atomic E-state index is 13.0. The number of hydrogen-bond acceptors (Lipinski definition) is 3. The molecule has 0 saturated heterocycles. The third kappa shape index (κ3) is 3.61. The number of halogens is 1. The summed E-state index contributed by atoms with van der Waals surface area (Å²) < 4.78 is 13.0. The zero-order valence-corrected chi connectivity index (χ0v) is 11.0. The molecule has 4 nitrogen and oxygen atoms in total. The highest BCUT2D eigenvalue weighted by molar-refractivity contribution is 5.83. The van der Waals surface area contributed by atoms with Crippen molar-refractivity contribution in [2.45, 2.75) is 12.3 Å². The van der Waals surface area contributed by atoms with E-state index in [2.05, 4.69) is 15.3 Å². The monoisotopic (exact) mass is 274 g/mol. The lowest BCUT2D eigenvalue weighted by Gasteiger charge is -2.16. The van der Waals surface area contributed by atoms with Crippen LogP contribution in [0.15, 0.2) is 48.8 Å². The largest absolute Gasteiger partial charge is 0.277 e. The second kappa shape index (κ2) is 6.77. The maximum absolute atomic E-state index is 13.0. The van der Waals surface area contributed by atoms with Gasteiger partial charge in [-0.15, -0.1) is 0 Å². The summed E-state index contributed by atoms with van der Waals surface area (Å²) in [6.45, 7) is 0. The van der Waals surface area contributed by atoms with E-state index in [1.165, 1.54) is 19.2 Å². The molecule has 5 heteroatoms. The Labute approximate surface area is 116 Å². The van der Waals surface area contributed by atoms with Gasteiger partial charge in [0.1, 0.15) is 5.82 Å². The Kier molecular flexibility index (Phi) is 4.79. The zero-order chi connectivity index (χ0) is 14.4. The summed E-state index contributed by atoms with van der Waals surface area (Å²) in [4.78, 5) is 20.8. The van der Waals surface area contributed by atoms with E-state index in [9.17, 15) is 9.18 Å². The minimum absolute atomic E-state index is 0.275. The third-order valence-corrected chi connectivity index (χ3v) is 2.95. The van der Waals surface area contributed by atoms with Crippen LogP contribution < -0.4 is 5.48 Å². The Morgan fingerprint density at radius 2 is 2.10 bits per heavy atom. The predicted octanol–water partition coefficient (Wildman–Crippen LogP) is 2.22. The van der Waals surface area contributed by atoms with Crippen LogP contribution in [0.1, 0.15) is 17.0 Å². The second-order valence-electron chi connectivity index (χ2n) is 4.34. The Balaban J connectivity index is 2.25. The Hall–Kier alpha value is -2.27. The van der Waals surface area contributed by atoms with Crippen LogP contribution in [0, 0.1) is 5.82 Å². The van der Waals surface area contributed by atoms with Crippen molar-refractivity contribution in [2.75, 3.05) is 7.11 Å². The minimum Gasteiger partial charge on any atom is -0.277 e. The number of pyridine rings is 1. The van der Waals surface area contributed by atoms with Gasteiger partial charge in [0.05, 0.1) is 13.0 Å². The summed E-state index contributed by atoms with van der Waals surface area (Å²) in [5.41, 5.74) is 3.98. The van der Waals surface area contributed by atoms with Crippen LogP contribution in [0.4, 0.5) is 4.39 Å². The molecule has 0 saturated carbocycles. The first-order chi connectivity index (χ1) is 9.70. The molecule has 2 rings (SSSR count). The molecule has 1 unspecified atom stereocenters. The Morgan fingerprint density at radius 1 is 1.35 bits per heavy atom. The number of benzene rings is 1. The van der Waals surface area contributed by atoms with Gasteiger partial charge in [-0.1, -0.05) is 18.2 Å². The fourth-order valence-corrected chi connectivity index (χ4v) is 1.98. The van der Waals surface area contributed by atoms with Crippen molar-refractivity contribution < 1.29 is 14.0 Å². The first-order valence-electron chi connectivity index (χ1n) is 6.18. The highest BCUT2D eigenvalue weighted by Crippen LogP contribution is 2.21. The van der Waals surface area contributed by atoms with Gasteiger partial charge in [0.15, 0.2) is 0 Å². The summed E-state index contributed by atoms with van der Waals surface area (Å²) in [5.74, 6) is -1.07. The smallest absolute Gasteiger partial charge is 0.251 e. The molecule has 1 heterocycles. The van der Waals surface area contributed by atoms with Crippen LogP contribution in [-0.2, 0) is 16.1 Å². The lowest BCUT2D eigenvalue weighted by atomic mass is 9.92. The lowest BCUT2D eigenvalue weighted by molar-refractivity contribution is -0.132. The molecule has 1 N–H and O–H groups in total. The molecule has 20 heavy (non-hydrogen) atoms. The van der Waals surface area contributed by atoms with Crippen LogP contribution in [0.2, 0.25) is 0 Å². The van der Waals surface area contributed by atoms with Crippen molar-refractivity contribution in [2.24, 2.45) is 0 Å². The third-order valence-electron chi connectivity index (χ3n) is 2.95. The van der Waals surface area contributed by atoms with Crippen molar-refractivity contribution in [1.82, 2.24) is 10.5 Å². The quantitative estimate of drug-likeness (QED) is 0.851. The first kappa shape index (κ1) is 14.1. The molecular formula is C15H15FN2O2. The summed E-state index contributed by atoms with van der Waals surface area (Å²) in [6.07, 6.45) is 3.84. The number of carbonyl (C=O) groups excluding carboxylic acids is 1. The van der Waals surface area contributed by atoms with E-state index in [0.29, 0.717) is 6.42 Å². The summed E-state index contributed by atoms with van der Waals surface area (Å²) in [5, 5.41) is 0. The number of nitrogens with zero attached hydrogens (tertiary/aromatic N) is 1. The Bertz CT molecular complexity index is 558. The van der Waals surface area contributed by atoms with Gasteiger partial charge in [0, 0.05) is 12.4 Å². The molecular weight excluding hydrogens is 259 g/mol. The first-order valence-corrected chi connectivity index (χ1v) is 6.18. The average molecular weight is 274 g/mol. The standard InChI is InChI=1S/C15H15FN2O2/c1-20-18-15(19)14(9-11-3-2-8-17-10-11)12-4-6-13(16)7-5-12/h2-8,10,14H,9H2,1H3,(H,18,19). The van der Waals surface area contributed by atoms with Gasteiger partial charge < -0.3 is 0 Å². The molecule has 2 aromatic rings. The molecule has 0 aliphatic heterocycles. The molecule has 0 fully saturated rings. The van der Waals surface area contributed by atoms with Crippen molar-refractivity contribution in [3.05, 3.63) is 65.7 Å². The van der Waals surface area contributed by atoms with E-state index in [0.717, 1.165) is 11.1 Å². The minimum atomic E-state index is -0.459. The van der Waals surface area contributed by atoms with E-state index in [-0.39, 0.29) is 11.7 Å². The van der Waals surface area contributed by atoms with Crippen LogP contribution >= 0.6 is 0 Å². The van der Waals surface area contributed by atoms with Crippen molar-refractivity contribution in [1.29, 1.82) is 0 Å². The van der Waals surface area contributed by atoms with Gasteiger partial charge in [-0.2, -0.15) is 0 Å². The molecule has 1 aromatic heterocycles. The molecule has 0 radical (unpaired) electrons. The molecule has 104 valence electrons. The lowest BCUT2D eigenvalue weighted by Crippen LogP contribution is -2.29. The van der Waals surface area contributed by atoms with Crippen LogP contribution in [0.3, 0.4) is 0 Å². The molecule has 0 aliphatic rings. The van der Waals surface area contributed by atoms with Gasteiger partial charge in [-0.3, -0.25) is 14.6 Å². The van der Waals surface area contributed by atoms with Crippen LogP contribution in [-0.4, -0.2) is 18.0 Å². The normalized spacial score (nSPS) is 11.9. The van der Waals surface area contributed by atoms with Gasteiger partial charge in [0.2, 0.25) is 0 Å². The summed E-state index contributed by atoms with van der Waals surface area (Å²) >= 11 is 0. The van der Waals surface area contributed by atoms with E-state index in [1.807, 2.05) is 12.1 Å². The fourth-order valence-electron chi connectivity index (χ4n) is 1.98. The molecule has 1 aromatic carbocycles. The van der Waals surface area contributed by atoms with Crippen molar-refractivity contribution in [3.8, 4) is 0 Å². The number of hydroxylamine groups is 1. The number of rotatable bonds is 5. The second-order valence-corrected chi connectivity index (χ2v) is 4.34. The number of amides is 1. The van der Waals surface area contributed by atoms with Crippen LogP contribution in [0.25, 0.3) is 0 Å². The summed E-state index contributed by atoms with van der Waals surface area (Å²) in [6, 6.07) is 9.59. The average Bonchev–Trinajstić information content (AvgIpc) is 2.47. The number of hydrogen-bond donors (Lipinski definition) is 1. The van der Waals surface area contributed by atoms with Gasteiger partial charge in [0.25, 0.3) is 5.91 Å². The van der Waals surface area contributed by atoms with E-state index >= 15 is 0 Å². The molecule has 0 aliphatic carbocycles. The molecule has 0 bridgehead atoms. The Morgan fingerprint density at radius 3 is 2.70 bits per heavy atom. The van der Waals surface area contributed by atoms with Gasteiger partial charge in [-0.25, -0.2) is 9.87 Å². The van der Waals surface area contributed by atoms with Crippen LogP contribution in [0.5, 0.6) is 0 Å². The predicted molar refractivity (Wildman–Crippen MR) is 72.2 cm³/mol. The zero-order valence-electron chi connectivity index (χ0n) is 11.0. The fraction of sp³-hybridized carbons (Fsp3) is 0.200. The van der Waals surface area contributed by atoms with Crippen molar-refractivity contribution in [3.63, 3.8) is 0 Å². The SMILES string of the molecule is CONC(=O)C(Cc1cccnc1)c1ccc(F)cc1. The number of aromatic nitrogens is 1.